The van der Waals surface area contributed by atoms with Gasteiger partial charge in [0.05, 0.1) is 47.9 Å². The number of allylic oxidation sites excluding steroid dienone is 2. The lowest BCUT2D eigenvalue weighted by atomic mass is 9.58. The highest BCUT2D eigenvalue weighted by Gasteiger charge is 2.70. The molecule has 13 nitrogen and oxygen atoms in total. The average Bonchev–Trinajstić information content (AvgIpc) is 4.25. The number of aliphatic hydroxyl groups excluding tert-OH is 4. The predicted octanol–water partition coefficient (Wildman–Crippen LogP) is 9.51. The van der Waals surface area contributed by atoms with E-state index in [1.54, 1.807) is 14.1 Å². The van der Waals surface area contributed by atoms with Crippen molar-refractivity contribution in [3.63, 3.8) is 0 Å². The SMILES string of the molecule is CN(C)[C@H]1CC23CC[C@@]4(O2)C(=CC[C@]2(C)[C@@H](c5ccc6ccncc6c5)CC[C@H]24)C=C3C(O)[C@@H]1O.C[C@]12CC=C3C=C4[C@@H](O)[C@H](O)[C@@H]([N+](C)(C)[O-])CC45CC[C@]3(O5)[C@@H]1CC[C@@H]2c1ccc2ccncc2c1.ClCCl.O=[Si]=O. The fourth-order valence-corrected chi connectivity index (χ4v) is 17.7. The maximum absolute atomic E-state index is 12.9. The summed E-state index contributed by atoms with van der Waals surface area (Å²) in [5, 5.41) is 62.1. The van der Waals surface area contributed by atoms with Crippen LogP contribution >= 0.6 is 23.2 Å². The summed E-state index contributed by atoms with van der Waals surface area (Å²) in [6, 6.07) is 17.2. The molecule has 410 valence electrons. The number of hydroxylamine groups is 3. The van der Waals surface area contributed by atoms with E-state index in [9.17, 15) is 25.6 Å². The lowest BCUT2D eigenvalue weighted by molar-refractivity contribution is -0.873. The molecule has 4 aliphatic heterocycles. The van der Waals surface area contributed by atoms with Gasteiger partial charge in [-0.2, -0.15) is 0 Å². The van der Waals surface area contributed by atoms with Crippen LogP contribution in [0.5, 0.6) is 0 Å². The molecule has 6 fully saturated rings. The zero-order valence-corrected chi connectivity index (χ0v) is 47.6. The highest BCUT2D eigenvalue weighted by molar-refractivity contribution is 6.40. The highest BCUT2D eigenvalue weighted by atomic mass is 35.5. The van der Waals surface area contributed by atoms with Crippen LogP contribution in [0.2, 0.25) is 0 Å². The largest absolute Gasteiger partial charge is 0.633 e. The fourth-order valence-electron chi connectivity index (χ4n) is 17.7. The van der Waals surface area contributed by atoms with Gasteiger partial charge in [0.2, 0.25) is 0 Å². The molecule has 2 aromatic heterocycles. The standard InChI is InChI=1S/C30H36N2O4.C30H36N2O3.CH2Cl2.O2Si/c1-28-10-8-21-15-23-26(33)27(34)24(32(2,3)35)16-29(23)11-12-30(21,36-29)25(28)7-6-22(28)19-5-4-18-9-13-31-17-20(18)14-19;1-28-10-8-21-15-23-26(33)27(34)24(32(2)3)16-29(23)11-12-30(21,35-29)25(28)7-6-22(28)19-5-4-18-9-13-31-17-20(18)14-19;2-1-3;1-3-2/h4-5,8-9,13-15,17,22,24-27,33-34H,6-7,10-12,16H2,1-3H3;4-5,8-9,13-15,17,22,24-27,33-34H,6-7,10-12,16H2,1-3H3;1H2;/t22-,24+,25-,26-,27-,28-,29?,30-;22-,24+,25-,26?,27-,28-,29?,30-;;/m11../s1. The molecule has 0 radical (unpaired) electrons. The van der Waals surface area contributed by atoms with Crippen LogP contribution in [0.1, 0.15) is 114 Å². The number of aromatic nitrogens is 2. The topological polar surface area (TPSA) is 186 Å². The third kappa shape index (κ3) is 8.55. The molecule has 16 atom stereocenters. The van der Waals surface area contributed by atoms with Gasteiger partial charge >= 0.3 is 9.29 Å². The summed E-state index contributed by atoms with van der Waals surface area (Å²) in [5.41, 5.74) is 5.34. The van der Waals surface area contributed by atoms with Crippen LogP contribution < -0.4 is 0 Å². The minimum atomic E-state index is -1.42. The van der Waals surface area contributed by atoms with E-state index in [0.717, 1.165) is 75.4 Å². The number of hydrogen-bond acceptors (Lipinski definition) is 12. The molecule has 14 rings (SSSR count). The highest BCUT2D eigenvalue weighted by Crippen LogP contribution is 2.71. The van der Waals surface area contributed by atoms with Crippen molar-refractivity contribution in [1.29, 1.82) is 0 Å². The summed E-state index contributed by atoms with van der Waals surface area (Å²) in [4.78, 5) is 10.7. The van der Waals surface area contributed by atoms with Gasteiger partial charge in [0, 0.05) is 48.0 Å². The number of halogens is 2. The van der Waals surface area contributed by atoms with Gasteiger partial charge in [-0.15, -0.1) is 23.2 Å². The zero-order chi connectivity index (χ0) is 54.7. The number of pyridine rings is 2. The minimum Gasteiger partial charge on any atom is -0.633 e. The van der Waals surface area contributed by atoms with Crippen LogP contribution in [0.15, 0.2) is 120 Å². The lowest BCUT2D eigenvalue weighted by Crippen LogP contribution is -2.65. The summed E-state index contributed by atoms with van der Waals surface area (Å²) in [7, 11) is 5.68. The summed E-state index contributed by atoms with van der Waals surface area (Å²) in [6.45, 7) is 4.93. The third-order valence-electron chi connectivity index (χ3n) is 21.3. The van der Waals surface area contributed by atoms with E-state index in [1.807, 2.05) is 43.8 Å². The van der Waals surface area contributed by atoms with Gasteiger partial charge < -0.3 is 44.7 Å². The first-order valence-electron chi connectivity index (χ1n) is 27.7. The third-order valence-corrected chi connectivity index (χ3v) is 21.3. The van der Waals surface area contributed by atoms with Crippen LogP contribution in [0.3, 0.4) is 0 Å². The number of rotatable bonds is 4. The lowest BCUT2D eigenvalue weighted by Gasteiger charge is -2.57. The molecule has 4 saturated carbocycles. The smallest absolute Gasteiger partial charge is 0.549 e. The second-order valence-electron chi connectivity index (χ2n) is 25.2. The molecule has 0 amide bonds. The monoisotopic (exact) mass is 1100 g/mol. The Morgan fingerprint density at radius 1 is 0.675 bits per heavy atom. The van der Waals surface area contributed by atoms with E-state index < -0.39 is 55.6 Å². The molecule has 3 unspecified atom stereocenters. The maximum Gasteiger partial charge on any atom is 0.549 e. The Hall–Kier alpha value is -3.74. The first-order chi connectivity index (χ1) is 36.7. The predicted molar refractivity (Wildman–Crippen MR) is 297 cm³/mol. The number of aliphatic hydroxyl groups is 4. The van der Waals surface area contributed by atoms with Crippen molar-refractivity contribution in [2.24, 2.45) is 22.7 Å². The van der Waals surface area contributed by atoms with Crippen LogP contribution in [0, 0.1) is 27.9 Å². The number of likely N-dealkylation sites (N-methyl/N-ethyl adjacent to an activating group) is 2. The molecular formula is C61H74Cl2N4O9Si. The van der Waals surface area contributed by atoms with Crippen LogP contribution in [0.25, 0.3) is 21.5 Å². The van der Waals surface area contributed by atoms with Crippen molar-refractivity contribution in [1.82, 2.24) is 14.9 Å². The molecule has 6 aliphatic carbocycles. The average molecular weight is 1110 g/mol. The van der Waals surface area contributed by atoms with Crippen molar-refractivity contribution in [3.8, 4) is 0 Å². The quantitative estimate of drug-likeness (QED) is 0.0658. The minimum absolute atomic E-state index is 0.0658. The summed E-state index contributed by atoms with van der Waals surface area (Å²) >= 11 is 9.53. The van der Waals surface area contributed by atoms with Gasteiger partial charge in [0.1, 0.15) is 24.4 Å². The summed E-state index contributed by atoms with van der Waals surface area (Å²) in [5.74, 6) is 1.74. The second kappa shape index (κ2) is 20.1. The zero-order valence-electron chi connectivity index (χ0n) is 45.1. The number of fused-ring (bicyclic) bond motifs is 4. The Kier molecular flexibility index (Phi) is 14.4. The van der Waals surface area contributed by atoms with E-state index in [2.05, 4.69) is 96.7 Å². The van der Waals surface area contributed by atoms with E-state index >= 15 is 0 Å². The molecule has 16 heteroatoms. The van der Waals surface area contributed by atoms with E-state index in [1.165, 1.54) is 50.2 Å². The molecule has 4 N–H and O–H groups in total. The number of hydrogen-bond donors (Lipinski definition) is 4. The fraction of sp³-hybridized carbons (Fsp3) is 0.574. The van der Waals surface area contributed by atoms with E-state index in [4.69, 9.17) is 41.6 Å². The molecule has 77 heavy (non-hydrogen) atoms. The molecule has 4 spiro atoms. The Morgan fingerprint density at radius 3 is 1.56 bits per heavy atom. The number of nitrogens with zero attached hydrogens (tertiary/aromatic N) is 4. The van der Waals surface area contributed by atoms with Crippen LogP contribution in [-0.2, 0) is 18.4 Å². The van der Waals surface area contributed by atoms with Gasteiger partial charge in [-0.05, 0) is 188 Å². The Balaban J connectivity index is 0.000000149. The van der Waals surface area contributed by atoms with Crippen molar-refractivity contribution in [3.05, 3.63) is 136 Å². The second-order valence-corrected chi connectivity index (χ2v) is 26.2. The van der Waals surface area contributed by atoms with Gasteiger partial charge in [0.15, 0.2) is 0 Å². The summed E-state index contributed by atoms with van der Waals surface area (Å²) in [6.07, 6.45) is 24.3. The van der Waals surface area contributed by atoms with Crippen molar-refractivity contribution in [2.75, 3.05) is 33.5 Å². The molecule has 10 aliphatic rings. The Morgan fingerprint density at radius 2 is 1.12 bits per heavy atom. The molecule has 6 heterocycles. The molecule has 2 aromatic carbocycles. The Bertz CT molecular complexity index is 3120. The first kappa shape index (κ1) is 55.2. The number of benzene rings is 2. The van der Waals surface area contributed by atoms with Crippen molar-refractivity contribution in [2.45, 2.75) is 162 Å². The van der Waals surface area contributed by atoms with E-state index in [0.29, 0.717) is 30.1 Å². The molecule has 2 saturated heterocycles. The molecular weight excluding hydrogens is 1030 g/mol. The van der Waals surface area contributed by atoms with Gasteiger partial charge in [-0.3, -0.25) is 18.9 Å². The number of quaternary nitrogens is 1. The molecule has 4 bridgehead atoms. The number of alkyl halides is 2. The normalized spacial score (nSPS) is 40.6. The van der Waals surface area contributed by atoms with Gasteiger partial charge in [-0.1, -0.05) is 62.4 Å². The van der Waals surface area contributed by atoms with Crippen molar-refractivity contribution < 1.29 is 43.5 Å². The maximum atomic E-state index is 12.9. The van der Waals surface area contributed by atoms with E-state index in [-0.39, 0.29) is 33.4 Å². The van der Waals surface area contributed by atoms with Crippen molar-refractivity contribution >= 4 is 54.0 Å². The summed E-state index contributed by atoms with van der Waals surface area (Å²) < 4.78 is 30.6. The molecule has 4 aromatic rings. The van der Waals surface area contributed by atoms with Gasteiger partial charge in [-0.25, -0.2) is 0 Å². The first-order valence-corrected chi connectivity index (χ1v) is 29.5. The number of ether oxygens (including phenoxy) is 2. The Labute approximate surface area is 464 Å². The van der Waals surface area contributed by atoms with Gasteiger partial charge in [0.25, 0.3) is 0 Å². The van der Waals surface area contributed by atoms with Crippen LogP contribution in [-0.4, -0.2) is 142 Å². The van der Waals surface area contributed by atoms with Crippen LogP contribution in [0.4, 0.5) is 0 Å².